The van der Waals surface area contributed by atoms with E-state index in [1.807, 2.05) is 14.0 Å². The molecule has 2 rings (SSSR count). The molecule has 0 amide bonds. The molecule has 1 atom stereocenters. The topological polar surface area (TPSA) is 12.0 Å². The summed E-state index contributed by atoms with van der Waals surface area (Å²) in [5.74, 6) is 0. The number of benzene rings is 1. The van der Waals surface area contributed by atoms with Crippen LogP contribution in [0.5, 0.6) is 0 Å². The molecule has 0 saturated heterocycles. The Morgan fingerprint density at radius 2 is 1.94 bits per heavy atom. The number of aryl methyl sites for hydroxylation is 2. The number of hydrogen-bond donors (Lipinski definition) is 1. The van der Waals surface area contributed by atoms with Gasteiger partial charge in [-0.2, -0.15) is 0 Å². The second-order valence-corrected chi connectivity index (χ2v) is 6.99. The zero-order chi connectivity index (χ0) is 13.3. The Bertz CT molecular complexity index is 525. The molecular weight excluding hydrogens is 330 g/mol. The highest BCUT2D eigenvalue weighted by atomic mass is 79.9. The van der Waals surface area contributed by atoms with Gasteiger partial charge in [0, 0.05) is 9.35 Å². The molecule has 0 spiro atoms. The Hall–Kier alpha value is -0.350. The maximum atomic E-state index is 6.16. The maximum absolute atomic E-state index is 6.16. The fourth-order valence-electron chi connectivity index (χ4n) is 2.03. The van der Waals surface area contributed by atoms with Crippen molar-refractivity contribution in [3.63, 3.8) is 0 Å². The number of rotatable bonds is 3. The molecule has 1 heterocycles. The molecule has 96 valence electrons. The minimum atomic E-state index is 0.192. The molecule has 0 aliphatic heterocycles. The standard InChI is InChI=1S/C14H15BrClNS/c1-8-4-10(7-11(15)5-8)13(17-3)12-6-9(2)14(16)18-12/h4-7,13,17H,1-3H3. The molecule has 1 N–H and O–H groups in total. The molecule has 18 heavy (non-hydrogen) atoms. The zero-order valence-electron chi connectivity index (χ0n) is 10.6. The Labute approximate surface area is 125 Å². The fourth-order valence-corrected chi connectivity index (χ4v) is 4.01. The second kappa shape index (κ2) is 5.74. The lowest BCUT2D eigenvalue weighted by molar-refractivity contribution is 0.702. The fraction of sp³-hybridized carbons (Fsp3) is 0.286. The van der Waals surface area contributed by atoms with E-state index in [4.69, 9.17) is 11.6 Å². The first-order valence-electron chi connectivity index (χ1n) is 5.71. The molecule has 0 bridgehead atoms. The van der Waals surface area contributed by atoms with Crippen molar-refractivity contribution in [3.05, 3.63) is 54.6 Å². The van der Waals surface area contributed by atoms with Crippen molar-refractivity contribution in [3.8, 4) is 0 Å². The predicted molar refractivity (Wildman–Crippen MR) is 83.8 cm³/mol. The van der Waals surface area contributed by atoms with Crippen LogP contribution in [0.3, 0.4) is 0 Å². The van der Waals surface area contributed by atoms with Crippen LogP contribution in [0.25, 0.3) is 0 Å². The molecule has 1 aromatic heterocycles. The van der Waals surface area contributed by atoms with Gasteiger partial charge in [0.2, 0.25) is 0 Å². The third-order valence-corrected chi connectivity index (χ3v) is 4.93. The van der Waals surface area contributed by atoms with Crippen molar-refractivity contribution < 1.29 is 0 Å². The summed E-state index contributed by atoms with van der Waals surface area (Å²) in [5, 5.41) is 3.36. The van der Waals surface area contributed by atoms with Crippen molar-refractivity contribution in [2.24, 2.45) is 0 Å². The smallest absolute Gasteiger partial charge is 0.0961 e. The van der Waals surface area contributed by atoms with Crippen LogP contribution in [0.2, 0.25) is 4.34 Å². The number of hydrogen-bond acceptors (Lipinski definition) is 2. The van der Waals surface area contributed by atoms with Crippen LogP contribution in [0, 0.1) is 13.8 Å². The monoisotopic (exact) mass is 343 g/mol. The SMILES string of the molecule is CNC(c1cc(C)cc(Br)c1)c1cc(C)c(Cl)s1. The normalized spacial score (nSPS) is 12.7. The van der Waals surface area contributed by atoms with E-state index in [1.54, 1.807) is 11.3 Å². The van der Waals surface area contributed by atoms with Gasteiger partial charge in [0.25, 0.3) is 0 Å². The van der Waals surface area contributed by atoms with Crippen molar-refractivity contribution in [2.45, 2.75) is 19.9 Å². The van der Waals surface area contributed by atoms with Gasteiger partial charge in [-0.05, 0) is 55.8 Å². The van der Waals surface area contributed by atoms with Crippen LogP contribution >= 0.6 is 38.9 Å². The van der Waals surface area contributed by atoms with E-state index < -0.39 is 0 Å². The highest BCUT2D eigenvalue weighted by molar-refractivity contribution is 9.10. The van der Waals surface area contributed by atoms with Gasteiger partial charge in [-0.15, -0.1) is 11.3 Å². The first-order valence-corrected chi connectivity index (χ1v) is 7.70. The van der Waals surface area contributed by atoms with Crippen molar-refractivity contribution in [1.82, 2.24) is 5.32 Å². The van der Waals surface area contributed by atoms with Gasteiger partial charge in [-0.3, -0.25) is 0 Å². The summed E-state index contributed by atoms with van der Waals surface area (Å²) in [4.78, 5) is 1.25. The first-order chi connectivity index (χ1) is 8.51. The molecule has 2 aromatic rings. The van der Waals surface area contributed by atoms with E-state index in [0.29, 0.717) is 0 Å². The second-order valence-electron chi connectivity index (χ2n) is 4.39. The van der Waals surface area contributed by atoms with E-state index in [0.717, 1.165) is 14.4 Å². The number of nitrogens with one attached hydrogen (secondary N) is 1. The number of thiophene rings is 1. The average molecular weight is 345 g/mol. The van der Waals surface area contributed by atoms with Gasteiger partial charge < -0.3 is 5.32 Å². The summed E-state index contributed by atoms with van der Waals surface area (Å²) in [5.41, 5.74) is 3.64. The lowest BCUT2D eigenvalue weighted by Crippen LogP contribution is -2.16. The van der Waals surface area contributed by atoms with Gasteiger partial charge in [-0.25, -0.2) is 0 Å². The molecular formula is C14H15BrClNS. The van der Waals surface area contributed by atoms with Crippen LogP contribution in [0.4, 0.5) is 0 Å². The Kier molecular flexibility index (Phi) is 4.49. The zero-order valence-corrected chi connectivity index (χ0v) is 13.7. The van der Waals surface area contributed by atoms with Crippen LogP contribution in [-0.4, -0.2) is 7.05 Å². The summed E-state index contributed by atoms with van der Waals surface area (Å²) in [7, 11) is 1.98. The summed E-state index contributed by atoms with van der Waals surface area (Å²) < 4.78 is 1.98. The van der Waals surface area contributed by atoms with E-state index in [1.165, 1.54) is 16.0 Å². The quantitative estimate of drug-likeness (QED) is 0.818. The van der Waals surface area contributed by atoms with Crippen molar-refractivity contribution in [1.29, 1.82) is 0 Å². The van der Waals surface area contributed by atoms with Gasteiger partial charge >= 0.3 is 0 Å². The molecule has 1 nitrogen and oxygen atoms in total. The van der Waals surface area contributed by atoms with E-state index in [2.05, 4.69) is 52.4 Å². The maximum Gasteiger partial charge on any atom is 0.0961 e. The van der Waals surface area contributed by atoms with Crippen LogP contribution < -0.4 is 5.32 Å². The van der Waals surface area contributed by atoms with Gasteiger partial charge in [0.05, 0.1) is 10.4 Å². The first kappa shape index (κ1) is 14.1. The summed E-state index contributed by atoms with van der Waals surface area (Å²) in [6, 6.07) is 8.82. The highest BCUT2D eigenvalue weighted by Gasteiger charge is 2.16. The van der Waals surface area contributed by atoms with Crippen LogP contribution in [-0.2, 0) is 0 Å². The highest BCUT2D eigenvalue weighted by Crippen LogP contribution is 2.34. The summed E-state index contributed by atoms with van der Waals surface area (Å²) in [6.07, 6.45) is 0. The molecule has 4 heteroatoms. The predicted octanol–water partition coefficient (Wildman–Crippen LogP) is 5.09. The van der Waals surface area contributed by atoms with E-state index in [9.17, 15) is 0 Å². The Balaban J connectivity index is 2.44. The van der Waals surface area contributed by atoms with Crippen molar-refractivity contribution >= 4 is 38.9 Å². The molecule has 1 unspecified atom stereocenters. The largest absolute Gasteiger partial charge is 0.309 e. The molecule has 0 fully saturated rings. The van der Waals surface area contributed by atoms with E-state index in [-0.39, 0.29) is 6.04 Å². The minimum absolute atomic E-state index is 0.192. The molecule has 0 aliphatic carbocycles. The Morgan fingerprint density at radius 3 is 2.44 bits per heavy atom. The van der Waals surface area contributed by atoms with Gasteiger partial charge in [0.1, 0.15) is 0 Å². The minimum Gasteiger partial charge on any atom is -0.309 e. The lowest BCUT2D eigenvalue weighted by atomic mass is 10.0. The van der Waals surface area contributed by atoms with Gasteiger partial charge in [-0.1, -0.05) is 33.6 Å². The molecule has 0 saturated carbocycles. The average Bonchev–Trinajstić information content (AvgIpc) is 2.58. The molecule has 0 aliphatic rings. The van der Waals surface area contributed by atoms with Gasteiger partial charge in [0.15, 0.2) is 0 Å². The summed E-state index contributed by atoms with van der Waals surface area (Å²) >= 11 is 11.4. The van der Waals surface area contributed by atoms with E-state index >= 15 is 0 Å². The van der Waals surface area contributed by atoms with Crippen LogP contribution in [0.15, 0.2) is 28.7 Å². The van der Waals surface area contributed by atoms with Crippen molar-refractivity contribution in [2.75, 3.05) is 7.05 Å². The molecule has 0 radical (unpaired) electrons. The lowest BCUT2D eigenvalue weighted by Gasteiger charge is -2.16. The molecule has 1 aromatic carbocycles. The van der Waals surface area contributed by atoms with Crippen LogP contribution in [0.1, 0.15) is 27.6 Å². The third-order valence-electron chi connectivity index (χ3n) is 2.85. The Morgan fingerprint density at radius 1 is 1.22 bits per heavy atom. The third kappa shape index (κ3) is 2.97. The number of halogens is 2. The summed E-state index contributed by atoms with van der Waals surface area (Å²) in [6.45, 7) is 4.15.